The predicted molar refractivity (Wildman–Crippen MR) is 89.6 cm³/mol. The standard InChI is InChI=1S/C16H22F2N4O.ClH/c1-16(2,9-3-4-11(17)12(18)7-9)20-15(23)14-10-8-19-6-5-13(10)21-22-14;/h3-4,7,10,13-14,19,21-22H,5-6,8H2,1-2H3,(H,20,23);1H. The summed E-state index contributed by atoms with van der Waals surface area (Å²) in [7, 11) is 0. The van der Waals surface area contributed by atoms with Crippen molar-refractivity contribution in [2.75, 3.05) is 13.1 Å². The van der Waals surface area contributed by atoms with Crippen molar-refractivity contribution in [1.29, 1.82) is 0 Å². The van der Waals surface area contributed by atoms with Gasteiger partial charge in [-0.1, -0.05) is 6.07 Å². The number of piperidine rings is 1. The Morgan fingerprint density at radius 2 is 2.00 bits per heavy atom. The molecule has 1 aromatic rings. The lowest BCUT2D eigenvalue weighted by Crippen LogP contribution is -2.53. The third-order valence-corrected chi connectivity index (χ3v) is 4.74. The van der Waals surface area contributed by atoms with Gasteiger partial charge in [-0.2, -0.15) is 0 Å². The third kappa shape index (κ3) is 3.69. The third-order valence-electron chi connectivity index (χ3n) is 4.74. The molecule has 1 aromatic carbocycles. The van der Waals surface area contributed by atoms with Crippen LogP contribution in [-0.4, -0.2) is 31.1 Å². The Morgan fingerprint density at radius 1 is 1.25 bits per heavy atom. The van der Waals surface area contributed by atoms with Crippen LogP contribution in [0.25, 0.3) is 0 Å². The minimum Gasteiger partial charge on any atom is -0.346 e. The fraction of sp³-hybridized carbons (Fsp3) is 0.562. The van der Waals surface area contributed by atoms with Crippen LogP contribution in [0.4, 0.5) is 8.78 Å². The Morgan fingerprint density at radius 3 is 2.71 bits per heavy atom. The summed E-state index contributed by atoms with van der Waals surface area (Å²) < 4.78 is 26.5. The fourth-order valence-electron chi connectivity index (χ4n) is 3.32. The second-order valence-electron chi connectivity index (χ2n) is 6.77. The van der Waals surface area contributed by atoms with Crippen molar-refractivity contribution in [3.63, 3.8) is 0 Å². The lowest BCUT2D eigenvalue weighted by Gasteiger charge is -2.31. The molecule has 24 heavy (non-hydrogen) atoms. The van der Waals surface area contributed by atoms with E-state index >= 15 is 0 Å². The zero-order valence-electron chi connectivity index (χ0n) is 13.7. The summed E-state index contributed by atoms with van der Waals surface area (Å²) in [4.78, 5) is 12.6. The Labute approximate surface area is 146 Å². The molecule has 2 saturated heterocycles. The maximum absolute atomic E-state index is 13.5. The van der Waals surface area contributed by atoms with Crippen molar-refractivity contribution in [2.24, 2.45) is 5.92 Å². The quantitative estimate of drug-likeness (QED) is 0.654. The molecule has 134 valence electrons. The van der Waals surface area contributed by atoms with Crippen molar-refractivity contribution < 1.29 is 13.6 Å². The number of benzene rings is 1. The first-order chi connectivity index (χ1) is 10.9. The van der Waals surface area contributed by atoms with E-state index in [9.17, 15) is 13.6 Å². The molecule has 0 saturated carbocycles. The van der Waals surface area contributed by atoms with Crippen LogP contribution in [0, 0.1) is 17.6 Å². The van der Waals surface area contributed by atoms with Crippen molar-refractivity contribution >= 4 is 18.3 Å². The Hall–Kier alpha value is -1.28. The number of rotatable bonds is 3. The number of carbonyl (C=O) groups excluding carboxylic acids is 1. The molecule has 2 fully saturated rings. The molecule has 3 rings (SSSR count). The molecule has 8 heteroatoms. The van der Waals surface area contributed by atoms with Crippen LogP contribution < -0.4 is 21.5 Å². The summed E-state index contributed by atoms with van der Waals surface area (Å²) in [6.07, 6.45) is 0.966. The molecule has 0 aliphatic carbocycles. The molecule has 2 aliphatic heterocycles. The van der Waals surface area contributed by atoms with Crippen LogP contribution in [0.2, 0.25) is 0 Å². The van der Waals surface area contributed by atoms with Gasteiger partial charge in [0.25, 0.3) is 0 Å². The largest absolute Gasteiger partial charge is 0.346 e. The summed E-state index contributed by atoms with van der Waals surface area (Å²) in [5.41, 5.74) is 5.95. The molecule has 4 N–H and O–H groups in total. The van der Waals surface area contributed by atoms with Crippen LogP contribution in [0.15, 0.2) is 18.2 Å². The van der Waals surface area contributed by atoms with Crippen LogP contribution in [0.5, 0.6) is 0 Å². The molecule has 5 nitrogen and oxygen atoms in total. The van der Waals surface area contributed by atoms with Crippen LogP contribution in [-0.2, 0) is 10.3 Å². The first kappa shape index (κ1) is 19.1. The van der Waals surface area contributed by atoms with E-state index in [-0.39, 0.29) is 36.3 Å². The summed E-state index contributed by atoms with van der Waals surface area (Å²) in [5, 5.41) is 6.23. The molecule has 0 radical (unpaired) electrons. The molecule has 3 unspecified atom stereocenters. The van der Waals surface area contributed by atoms with Crippen molar-refractivity contribution in [2.45, 2.75) is 37.9 Å². The van der Waals surface area contributed by atoms with Gasteiger partial charge in [0, 0.05) is 18.5 Å². The number of hydrazine groups is 1. The van der Waals surface area contributed by atoms with Gasteiger partial charge in [-0.15, -0.1) is 12.4 Å². The second-order valence-corrected chi connectivity index (χ2v) is 6.77. The minimum absolute atomic E-state index is 0. The fourth-order valence-corrected chi connectivity index (χ4v) is 3.32. The SMILES string of the molecule is CC(C)(NC(=O)C1NNC2CCNCC21)c1ccc(F)c(F)c1.Cl. The molecule has 0 aromatic heterocycles. The predicted octanol–water partition coefficient (Wildman–Crippen LogP) is 1.19. The van der Waals surface area contributed by atoms with Crippen LogP contribution >= 0.6 is 12.4 Å². The Kier molecular flexibility index (Phi) is 5.80. The molecule has 2 heterocycles. The summed E-state index contributed by atoms with van der Waals surface area (Å²) in [6, 6.07) is 3.62. The lowest BCUT2D eigenvalue weighted by atomic mass is 9.87. The Bertz CT molecular complexity index is 614. The van der Waals surface area contributed by atoms with E-state index in [2.05, 4.69) is 21.5 Å². The minimum atomic E-state index is -0.915. The highest BCUT2D eigenvalue weighted by molar-refractivity contribution is 5.85. The van der Waals surface area contributed by atoms with E-state index in [1.54, 1.807) is 13.8 Å². The van der Waals surface area contributed by atoms with Crippen molar-refractivity contribution in [3.8, 4) is 0 Å². The zero-order valence-corrected chi connectivity index (χ0v) is 14.5. The highest BCUT2D eigenvalue weighted by Crippen LogP contribution is 2.25. The normalized spacial score (nSPS) is 26.4. The van der Waals surface area contributed by atoms with E-state index in [0.29, 0.717) is 5.56 Å². The van der Waals surface area contributed by atoms with E-state index in [0.717, 1.165) is 31.6 Å². The summed E-state index contributed by atoms with van der Waals surface area (Å²) >= 11 is 0. The van der Waals surface area contributed by atoms with E-state index in [1.807, 2.05) is 0 Å². The topological polar surface area (TPSA) is 65.2 Å². The van der Waals surface area contributed by atoms with Crippen LogP contribution in [0.1, 0.15) is 25.8 Å². The van der Waals surface area contributed by atoms with Gasteiger partial charge in [0.15, 0.2) is 11.6 Å². The summed E-state index contributed by atoms with van der Waals surface area (Å²) in [6.45, 7) is 5.26. The van der Waals surface area contributed by atoms with E-state index in [1.165, 1.54) is 6.07 Å². The zero-order chi connectivity index (χ0) is 16.6. The first-order valence-electron chi connectivity index (χ1n) is 7.88. The maximum atomic E-state index is 13.5. The highest BCUT2D eigenvalue weighted by atomic mass is 35.5. The van der Waals surface area contributed by atoms with Gasteiger partial charge in [-0.05, 0) is 44.5 Å². The monoisotopic (exact) mass is 360 g/mol. The number of hydrogen-bond acceptors (Lipinski definition) is 4. The van der Waals surface area contributed by atoms with Crippen LogP contribution in [0.3, 0.4) is 0 Å². The van der Waals surface area contributed by atoms with Gasteiger partial charge < -0.3 is 10.6 Å². The summed E-state index contributed by atoms with van der Waals surface area (Å²) in [5.74, 6) is -1.79. The molecule has 0 bridgehead atoms. The highest BCUT2D eigenvalue weighted by Gasteiger charge is 2.42. The van der Waals surface area contributed by atoms with E-state index in [4.69, 9.17) is 0 Å². The molecular formula is C16H23ClF2N4O. The maximum Gasteiger partial charge on any atom is 0.239 e. The number of fused-ring (bicyclic) bond motifs is 1. The van der Waals surface area contributed by atoms with Gasteiger partial charge in [0.2, 0.25) is 5.91 Å². The molecule has 1 amide bonds. The number of amides is 1. The lowest BCUT2D eigenvalue weighted by molar-refractivity contribution is -0.125. The van der Waals surface area contributed by atoms with Crippen molar-refractivity contribution in [1.82, 2.24) is 21.5 Å². The number of nitrogens with one attached hydrogen (secondary N) is 4. The molecule has 0 spiro atoms. The first-order valence-corrected chi connectivity index (χ1v) is 7.88. The Balaban J connectivity index is 0.00000208. The molecule has 2 aliphatic rings. The van der Waals surface area contributed by atoms with Gasteiger partial charge >= 0.3 is 0 Å². The van der Waals surface area contributed by atoms with E-state index < -0.39 is 17.2 Å². The number of halogens is 3. The van der Waals surface area contributed by atoms with Crippen molar-refractivity contribution in [3.05, 3.63) is 35.4 Å². The van der Waals surface area contributed by atoms with Gasteiger partial charge in [0.05, 0.1) is 5.54 Å². The van der Waals surface area contributed by atoms with Gasteiger partial charge in [-0.25, -0.2) is 14.2 Å². The average molecular weight is 361 g/mol. The number of hydrogen-bond donors (Lipinski definition) is 4. The molecule has 3 atom stereocenters. The smallest absolute Gasteiger partial charge is 0.239 e. The van der Waals surface area contributed by atoms with Gasteiger partial charge in [-0.3, -0.25) is 10.2 Å². The van der Waals surface area contributed by atoms with Gasteiger partial charge in [0.1, 0.15) is 6.04 Å². The average Bonchev–Trinajstić information content (AvgIpc) is 2.93. The second kappa shape index (κ2) is 7.31. The molecular weight excluding hydrogens is 338 g/mol. The number of carbonyl (C=O) groups is 1.